The van der Waals surface area contributed by atoms with Crippen LogP contribution in [-0.2, 0) is 5.75 Å². The van der Waals surface area contributed by atoms with Crippen LogP contribution in [0.25, 0.3) is 0 Å². The van der Waals surface area contributed by atoms with E-state index >= 15 is 0 Å². The second-order valence-corrected chi connectivity index (χ2v) is 8.37. The van der Waals surface area contributed by atoms with Gasteiger partial charge in [0, 0.05) is 17.5 Å². The Balaban J connectivity index is 1.45. The van der Waals surface area contributed by atoms with Gasteiger partial charge in [-0.15, -0.1) is 11.8 Å². The Labute approximate surface area is 165 Å². The molecule has 1 amide bonds. The lowest BCUT2D eigenvalue weighted by molar-refractivity contribution is 0.0947. The standard InChI is InChI=1S/C21H29N3O2S/c1-16-8-12-24(13-9-16)11-5-10-22-21(25)19-6-3-4-7-20(19)27-15-18-14-17(2)23-26-18/h3-4,6-7,14,16H,5,8-13,15H2,1-2H3,(H,22,25). The highest BCUT2D eigenvalue weighted by molar-refractivity contribution is 7.98. The van der Waals surface area contributed by atoms with Gasteiger partial charge >= 0.3 is 0 Å². The molecule has 1 saturated heterocycles. The van der Waals surface area contributed by atoms with Crippen molar-refractivity contribution in [1.82, 2.24) is 15.4 Å². The predicted molar refractivity (Wildman–Crippen MR) is 109 cm³/mol. The lowest BCUT2D eigenvalue weighted by Gasteiger charge is -2.30. The van der Waals surface area contributed by atoms with E-state index in [9.17, 15) is 4.79 Å². The summed E-state index contributed by atoms with van der Waals surface area (Å²) in [6.45, 7) is 8.39. The van der Waals surface area contributed by atoms with E-state index in [1.54, 1.807) is 11.8 Å². The third-order valence-corrected chi connectivity index (χ3v) is 6.09. The van der Waals surface area contributed by atoms with Crippen molar-refractivity contribution in [2.75, 3.05) is 26.2 Å². The summed E-state index contributed by atoms with van der Waals surface area (Å²) in [5, 5.41) is 6.98. The van der Waals surface area contributed by atoms with E-state index in [2.05, 4.69) is 22.3 Å². The van der Waals surface area contributed by atoms with E-state index in [4.69, 9.17) is 4.52 Å². The van der Waals surface area contributed by atoms with E-state index in [1.807, 2.05) is 37.3 Å². The summed E-state index contributed by atoms with van der Waals surface area (Å²) in [6.07, 6.45) is 3.58. The molecule has 27 heavy (non-hydrogen) atoms. The van der Waals surface area contributed by atoms with Crippen LogP contribution in [-0.4, -0.2) is 42.1 Å². The first kappa shape index (κ1) is 20.0. The first-order valence-corrected chi connectivity index (χ1v) is 10.7. The highest BCUT2D eigenvalue weighted by Gasteiger charge is 2.15. The van der Waals surface area contributed by atoms with Crippen molar-refractivity contribution < 1.29 is 9.32 Å². The van der Waals surface area contributed by atoms with Crippen molar-refractivity contribution in [3.05, 3.63) is 47.3 Å². The number of aromatic nitrogens is 1. The molecule has 1 aliphatic rings. The van der Waals surface area contributed by atoms with Gasteiger partial charge in [0.1, 0.15) is 5.76 Å². The first-order valence-electron chi connectivity index (χ1n) is 9.76. The van der Waals surface area contributed by atoms with Gasteiger partial charge in [0.15, 0.2) is 0 Å². The molecule has 0 unspecified atom stereocenters. The Kier molecular flexibility index (Phi) is 7.35. The summed E-state index contributed by atoms with van der Waals surface area (Å²) in [7, 11) is 0. The fourth-order valence-corrected chi connectivity index (χ4v) is 4.22. The molecule has 2 heterocycles. The fraction of sp³-hybridized carbons (Fsp3) is 0.524. The van der Waals surface area contributed by atoms with Crippen LogP contribution < -0.4 is 5.32 Å². The van der Waals surface area contributed by atoms with Crippen molar-refractivity contribution in [3.8, 4) is 0 Å². The number of carbonyl (C=O) groups is 1. The van der Waals surface area contributed by atoms with Crippen molar-refractivity contribution >= 4 is 17.7 Å². The minimum absolute atomic E-state index is 0.000818. The molecule has 1 aliphatic heterocycles. The molecule has 6 heteroatoms. The van der Waals surface area contributed by atoms with Crippen LogP contribution in [0.4, 0.5) is 0 Å². The molecule has 0 radical (unpaired) electrons. The van der Waals surface area contributed by atoms with Crippen LogP contribution >= 0.6 is 11.8 Å². The van der Waals surface area contributed by atoms with E-state index in [-0.39, 0.29) is 5.91 Å². The van der Waals surface area contributed by atoms with Gasteiger partial charge in [0.2, 0.25) is 0 Å². The highest BCUT2D eigenvalue weighted by Crippen LogP contribution is 2.26. The van der Waals surface area contributed by atoms with Crippen LogP contribution in [0.2, 0.25) is 0 Å². The minimum Gasteiger partial charge on any atom is -0.360 e. The number of aryl methyl sites for hydroxylation is 1. The Bertz CT molecular complexity index is 739. The second kappa shape index (κ2) is 9.95. The molecule has 2 aromatic rings. The first-order chi connectivity index (χ1) is 13.1. The van der Waals surface area contributed by atoms with Gasteiger partial charge in [-0.25, -0.2) is 0 Å². The topological polar surface area (TPSA) is 58.4 Å². The van der Waals surface area contributed by atoms with E-state index in [1.165, 1.54) is 25.9 Å². The van der Waals surface area contributed by atoms with Gasteiger partial charge in [-0.1, -0.05) is 24.2 Å². The van der Waals surface area contributed by atoms with Gasteiger partial charge in [0.25, 0.3) is 5.91 Å². The zero-order valence-corrected chi connectivity index (χ0v) is 17.1. The molecule has 0 bridgehead atoms. The van der Waals surface area contributed by atoms with E-state index in [0.717, 1.165) is 40.8 Å². The van der Waals surface area contributed by atoms with Crippen LogP contribution in [0.5, 0.6) is 0 Å². The highest BCUT2D eigenvalue weighted by atomic mass is 32.2. The third-order valence-electron chi connectivity index (χ3n) is 4.99. The van der Waals surface area contributed by atoms with E-state index in [0.29, 0.717) is 12.3 Å². The minimum atomic E-state index is -0.000818. The normalized spacial score (nSPS) is 15.8. The maximum atomic E-state index is 12.6. The van der Waals surface area contributed by atoms with Crippen LogP contribution in [0.1, 0.15) is 48.0 Å². The SMILES string of the molecule is Cc1cc(CSc2ccccc2C(=O)NCCCN2CCC(C)CC2)on1. The molecule has 1 aromatic carbocycles. The number of thioether (sulfide) groups is 1. The molecule has 1 aromatic heterocycles. The van der Waals surface area contributed by atoms with Crippen molar-refractivity contribution in [2.24, 2.45) is 5.92 Å². The number of carbonyl (C=O) groups excluding carboxylic acids is 1. The lowest BCUT2D eigenvalue weighted by atomic mass is 9.99. The quantitative estimate of drug-likeness (QED) is 0.545. The maximum Gasteiger partial charge on any atom is 0.252 e. The number of nitrogens with one attached hydrogen (secondary N) is 1. The summed E-state index contributed by atoms with van der Waals surface area (Å²) in [4.78, 5) is 16.1. The van der Waals surface area contributed by atoms with Gasteiger partial charge < -0.3 is 14.7 Å². The zero-order valence-electron chi connectivity index (χ0n) is 16.2. The average molecular weight is 388 g/mol. The molecule has 0 saturated carbocycles. The number of hydrogen-bond acceptors (Lipinski definition) is 5. The van der Waals surface area contributed by atoms with Crippen molar-refractivity contribution in [3.63, 3.8) is 0 Å². The average Bonchev–Trinajstić information content (AvgIpc) is 3.10. The number of nitrogens with zero attached hydrogens (tertiary/aromatic N) is 2. The summed E-state index contributed by atoms with van der Waals surface area (Å²) in [5.41, 5.74) is 1.60. The third kappa shape index (κ3) is 6.11. The maximum absolute atomic E-state index is 12.6. The molecule has 0 atom stereocenters. The largest absolute Gasteiger partial charge is 0.360 e. The molecular formula is C21H29N3O2S. The molecule has 1 N–H and O–H groups in total. The number of benzene rings is 1. The molecule has 0 aliphatic carbocycles. The number of rotatable bonds is 8. The fourth-order valence-electron chi connectivity index (χ4n) is 3.30. The Morgan fingerprint density at radius 1 is 1.33 bits per heavy atom. The zero-order chi connectivity index (χ0) is 19.1. The second-order valence-electron chi connectivity index (χ2n) is 7.35. The van der Waals surface area contributed by atoms with Gasteiger partial charge in [-0.05, 0) is 63.9 Å². The number of hydrogen-bond donors (Lipinski definition) is 1. The molecule has 3 rings (SSSR count). The van der Waals surface area contributed by atoms with Gasteiger partial charge in [0.05, 0.1) is 17.0 Å². The monoisotopic (exact) mass is 387 g/mol. The van der Waals surface area contributed by atoms with Gasteiger partial charge in [-0.2, -0.15) is 0 Å². The molecule has 5 nitrogen and oxygen atoms in total. The molecule has 0 spiro atoms. The summed E-state index contributed by atoms with van der Waals surface area (Å²) in [6, 6.07) is 9.67. The van der Waals surface area contributed by atoms with Crippen molar-refractivity contribution in [2.45, 2.75) is 43.8 Å². The van der Waals surface area contributed by atoms with E-state index < -0.39 is 0 Å². The lowest BCUT2D eigenvalue weighted by Crippen LogP contribution is -2.35. The number of likely N-dealkylation sites (tertiary alicyclic amines) is 1. The predicted octanol–water partition coefficient (Wildman–Crippen LogP) is 4.13. The summed E-state index contributed by atoms with van der Waals surface area (Å²) >= 11 is 1.60. The number of piperidine rings is 1. The Morgan fingerprint density at radius 2 is 2.11 bits per heavy atom. The van der Waals surface area contributed by atoms with Crippen molar-refractivity contribution in [1.29, 1.82) is 0 Å². The molecule has 146 valence electrons. The Morgan fingerprint density at radius 3 is 2.85 bits per heavy atom. The number of amides is 1. The summed E-state index contributed by atoms with van der Waals surface area (Å²) in [5.74, 6) is 2.34. The van der Waals surface area contributed by atoms with Gasteiger partial charge in [-0.3, -0.25) is 4.79 Å². The smallest absolute Gasteiger partial charge is 0.252 e. The van der Waals surface area contributed by atoms with Crippen LogP contribution in [0.3, 0.4) is 0 Å². The van der Waals surface area contributed by atoms with Crippen LogP contribution in [0, 0.1) is 12.8 Å². The molecular weight excluding hydrogens is 358 g/mol. The molecule has 1 fully saturated rings. The van der Waals surface area contributed by atoms with Crippen LogP contribution in [0.15, 0.2) is 39.8 Å². The summed E-state index contributed by atoms with van der Waals surface area (Å²) < 4.78 is 5.25. The Hall–Kier alpha value is -1.79.